The fourth-order valence-electron chi connectivity index (χ4n) is 2.92. The fourth-order valence-corrected chi connectivity index (χ4v) is 3.22. The summed E-state index contributed by atoms with van der Waals surface area (Å²) in [4.78, 5) is 0. The molecule has 18 heavy (non-hydrogen) atoms. The van der Waals surface area contributed by atoms with Gasteiger partial charge in [-0.15, -0.1) is 11.6 Å². The van der Waals surface area contributed by atoms with E-state index in [2.05, 4.69) is 25.0 Å². The number of alkyl halides is 1. The first-order valence-electron chi connectivity index (χ1n) is 6.90. The summed E-state index contributed by atoms with van der Waals surface area (Å²) in [6.07, 6.45) is 8.99. The summed E-state index contributed by atoms with van der Waals surface area (Å²) >= 11 is 6.17. The number of allylic oxidation sites excluding steroid dienone is 1. The lowest BCUT2D eigenvalue weighted by Gasteiger charge is -2.23. The second-order valence-corrected chi connectivity index (χ2v) is 5.66. The Balaban J connectivity index is 2.27. The van der Waals surface area contributed by atoms with Gasteiger partial charge in [-0.25, -0.2) is 0 Å². The zero-order valence-corrected chi connectivity index (χ0v) is 12.4. The van der Waals surface area contributed by atoms with Crippen molar-refractivity contribution < 1.29 is 0 Å². The third kappa shape index (κ3) is 2.80. The normalized spacial score (nSPS) is 18.3. The van der Waals surface area contributed by atoms with Crippen LogP contribution >= 0.6 is 11.6 Å². The zero-order valence-electron chi connectivity index (χ0n) is 11.7. The van der Waals surface area contributed by atoms with Crippen LogP contribution in [-0.2, 0) is 7.05 Å². The van der Waals surface area contributed by atoms with Crippen molar-refractivity contribution in [1.82, 2.24) is 9.78 Å². The van der Waals surface area contributed by atoms with Crippen LogP contribution in [0.15, 0.2) is 5.57 Å². The van der Waals surface area contributed by atoms with E-state index in [0.717, 1.165) is 5.69 Å². The summed E-state index contributed by atoms with van der Waals surface area (Å²) in [5, 5.41) is 4.47. The van der Waals surface area contributed by atoms with Crippen molar-refractivity contribution >= 4 is 17.7 Å². The zero-order chi connectivity index (χ0) is 13.1. The van der Waals surface area contributed by atoms with Crippen molar-refractivity contribution in [2.24, 2.45) is 13.0 Å². The molecule has 0 unspecified atom stereocenters. The van der Waals surface area contributed by atoms with E-state index in [0.29, 0.717) is 11.8 Å². The minimum absolute atomic E-state index is 0.651. The van der Waals surface area contributed by atoms with Crippen LogP contribution in [0.3, 0.4) is 0 Å². The van der Waals surface area contributed by atoms with Crippen LogP contribution in [0.4, 0.5) is 0 Å². The topological polar surface area (TPSA) is 17.8 Å². The number of nitrogens with zero attached hydrogens (tertiary/aromatic N) is 2. The standard InChI is InChI=1S/C15H23ClN2/c1-11-15(12(2)18(3)17-11)9-14(10-16)13-7-5-4-6-8-13/h9,13H,4-8,10H2,1-3H3. The molecule has 1 fully saturated rings. The molecule has 100 valence electrons. The largest absolute Gasteiger partial charge is 0.272 e. The molecule has 2 nitrogen and oxygen atoms in total. The molecule has 0 aromatic carbocycles. The van der Waals surface area contributed by atoms with Crippen molar-refractivity contribution in [2.45, 2.75) is 46.0 Å². The average molecular weight is 267 g/mol. The molecule has 1 aliphatic rings. The third-order valence-electron chi connectivity index (χ3n) is 4.18. The number of halogens is 1. The molecule has 0 bridgehead atoms. The van der Waals surface area contributed by atoms with Crippen molar-refractivity contribution in [3.05, 3.63) is 22.5 Å². The maximum Gasteiger partial charge on any atom is 0.0668 e. The molecule has 3 heteroatoms. The first-order chi connectivity index (χ1) is 8.63. The fraction of sp³-hybridized carbons (Fsp3) is 0.667. The van der Waals surface area contributed by atoms with E-state index in [4.69, 9.17) is 11.6 Å². The Morgan fingerprint density at radius 1 is 1.33 bits per heavy atom. The lowest BCUT2D eigenvalue weighted by atomic mass is 9.83. The van der Waals surface area contributed by atoms with Crippen molar-refractivity contribution in [3.63, 3.8) is 0 Å². The lowest BCUT2D eigenvalue weighted by molar-refractivity contribution is 0.405. The van der Waals surface area contributed by atoms with Crippen LogP contribution in [0.1, 0.15) is 49.1 Å². The molecule has 0 atom stereocenters. The Morgan fingerprint density at radius 3 is 2.50 bits per heavy atom. The van der Waals surface area contributed by atoms with Gasteiger partial charge in [0.2, 0.25) is 0 Å². The Morgan fingerprint density at radius 2 is 2.00 bits per heavy atom. The monoisotopic (exact) mass is 266 g/mol. The van der Waals surface area contributed by atoms with Gasteiger partial charge in [0.15, 0.2) is 0 Å². The number of aryl methyl sites for hydroxylation is 2. The highest BCUT2D eigenvalue weighted by Gasteiger charge is 2.18. The lowest BCUT2D eigenvalue weighted by Crippen LogP contribution is -2.10. The van der Waals surface area contributed by atoms with Crippen LogP contribution in [0.25, 0.3) is 6.08 Å². The van der Waals surface area contributed by atoms with Crippen LogP contribution in [0, 0.1) is 19.8 Å². The Bertz CT molecular complexity index is 440. The Labute approximate surface area is 115 Å². The van der Waals surface area contributed by atoms with Gasteiger partial charge in [0.25, 0.3) is 0 Å². The highest BCUT2D eigenvalue weighted by molar-refractivity contribution is 6.19. The van der Waals surface area contributed by atoms with Gasteiger partial charge >= 0.3 is 0 Å². The summed E-state index contributed by atoms with van der Waals surface area (Å²) in [5.41, 5.74) is 4.99. The van der Waals surface area contributed by atoms with Crippen molar-refractivity contribution in [1.29, 1.82) is 0 Å². The Kier molecular flexibility index (Phi) is 4.50. The predicted molar refractivity (Wildman–Crippen MR) is 78.0 cm³/mol. The van der Waals surface area contributed by atoms with Gasteiger partial charge in [0.1, 0.15) is 0 Å². The van der Waals surface area contributed by atoms with E-state index in [1.165, 1.54) is 48.9 Å². The van der Waals surface area contributed by atoms with Crippen molar-refractivity contribution in [2.75, 3.05) is 5.88 Å². The van der Waals surface area contributed by atoms with Gasteiger partial charge in [-0.05, 0) is 32.6 Å². The molecule has 2 rings (SSSR count). The maximum absolute atomic E-state index is 6.17. The van der Waals surface area contributed by atoms with Gasteiger partial charge in [-0.2, -0.15) is 5.10 Å². The second-order valence-electron chi connectivity index (χ2n) is 5.40. The summed E-state index contributed by atoms with van der Waals surface area (Å²) in [5.74, 6) is 1.34. The molecule has 0 amide bonds. The van der Waals surface area contributed by atoms with Gasteiger partial charge in [-0.3, -0.25) is 4.68 Å². The molecule has 0 N–H and O–H groups in total. The maximum atomic E-state index is 6.17. The van der Waals surface area contributed by atoms with E-state index < -0.39 is 0 Å². The van der Waals surface area contributed by atoms with E-state index in [-0.39, 0.29) is 0 Å². The second kappa shape index (κ2) is 5.92. The number of hydrogen-bond donors (Lipinski definition) is 0. The van der Waals surface area contributed by atoms with E-state index in [9.17, 15) is 0 Å². The first-order valence-corrected chi connectivity index (χ1v) is 7.43. The van der Waals surface area contributed by atoms with Crippen LogP contribution in [-0.4, -0.2) is 15.7 Å². The molecule has 1 aromatic rings. The van der Waals surface area contributed by atoms with Gasteiger partial charge in [0.05, 0.1) is 5.69 Å². The molecule has 1 saturated carbocycles. The Hall–Kier alpha value is -0.760. The van der Waals surface area contributed by atoms with E-state index >= 15 is 0 Å². The van der Waals surface area contributed by atoms with E-state index in [1.807, 2.05) is 11.7 Å². The number of rotatable bonds is 3. The smallest absolute Gasteiger partial charge is 0.0668 e. The van der Waals surface area contributed by atoms with Crippen LogP contribution < -0.4 is 0 Å². The van der Waals surface area contributed by atoms with Gasteiger partial charge in [0, 0.05) is 24.2 Å². The molecule has 1 aromatic heterocycles. The molecular weight excluding hydrogens is 244 g/mol. The predicted octanol–water partition coefficient (Wildman–Crippen LogP) is 4.24. The first kappa shape index (κ1) is 13.7. The molecule has 0 spiro atoms. The quantitative estimate of drug-likeness (QED) is 0.749. The van der Waals surface area contributed by atoms with Crippen molar-refractivity contribution in [3.8, 4) is 0 Å². The summed E-state index contributed by atoms with van der Waals surface area (Å²) in [6.45, 7) is 4.20. The summed E-state index contributed by atoms with van der Waals surface area (Å²) in [6, 6.07) is 0. The minimum atomic E-state index is 0.651. The average Bonchev–Trinajstić information content (AvgIpc) is 2.62. The molecule has 0 radical (unpaired) electrons. The molecular formula is C15H23ClN2. The van der Waals surface area contributed by atoms with Crippen LogP contribution in [0.5, 0.6) is 0 Å². The molecule has 1 aliphatic carbocycles. The van der Waals surface area contributed by atoms with E-state index in [1.54, 1.807) is 0 Å². The molecule has 0 saturated heterocycles. The van der Waals surface area contributed by atoms with Gasteiger partial charge in [-0.1, -0.05) is 30.9 Å². The summed E-state index contributed by atoms with van der Waals surface area (Å²) < 4.78 is 1.95. The number of hydrogen-bond acceptors (Lipinski definition) is 1. The summed E-state index contributed by atoms with van der Waals surface area (Å²) in [7, 11) is 2.00. The molecule has 1 heterocycles. The molecule has 0 aliphatic heterocycles. The third-order valence-corrected chi connectivity index (χ3v) is 4.49. The minimum Gasteiger partial charge on any atom is -0.272 e. The van der Waals surface area contributed by atoms with Gasteiger partial charge < -0.3 is 0 Å². The highest BCUT2D eigenvalue weighted by atomic mass is 35.5. The van der Waals surface area contributed by atoms with Crippen LogP contribution in [0.2, 0.25) is 0 Å². The highest BCUT2D eigenvalue weighted by Crippen LogP contribution is 2.32. The number of aromatic nitrogens is 2. The SMILES string of the molecule is Cc1nn(C)c(C)c1C=C(CCl)C1CCCCC1.